The van der Waals surface area contributed by atoms with Gasteiger partial charge in [0.15, 0.2) is 5.16 Å². The highest BCUT2D eigenvalue weighted by atomic mass is 32.2. The van der Waals surface area contributed by atoms with Gasteiger partial charge < -0.3 is 14.8 Å². The van der Waals surface area contributed by atoms with Crippen LogP contribution in [0.3, 0.4) is 0 Å². The lowest BCUT2D eigenvalue weighted by Crippen LogP contribution is -2.21. The molecule has 1 aliphatic carbocycles. The lowest BCUT2D eigenvalue weighted by atomic mass is 10.2. The third-order valence-corrected chi connectivity index (χ3v) is 5.99. The van der Waals surface area contributed by atoms with E-state index in [0.29, 0.717) is 23.7 Å². The Bertz CT molecular complexity index is 1060. The zero-order chi connectivity index (χ0) is 21.8. The SMILES string of the molecule is CN(C)C(=O)c1ccc(NC(=O)CSc2nnc(C3CC3)n2Cc2ccccc2)cc1. The molecule has 0 unspecified atom stereocenters. The van der Waals surface area contributed by atoms with E-state index in [4.69, 9.17) is 0 Å². The molecule has 31 heavy (non-hydrogen) atoms. The van der Waals surface area contributed by atoms with Crippen molar-refractivity contribution in [3.8, 4) is 0 Å². The Balaban J connectivity index is 1.39. The second-order valence-electron chi connectivity index (χ2n) is 7.80. The molecule has 0 spiro atoms. The molecule has 2 aromatic carbocycles. The summed E-state index contributed by atoms with van der Waals surface area (Å²) < 4.78 is 2.13. The van der Waals surface area contributed by atoms with E-state index in [-0.39, 0.29) is 17.6 Å². The summed E-state index contributed by atoms with van der Waals surface area (Å²) in [5, 5.41) is 12.4. The fourth-order valence-corrected chi connectivity index (χ4v) is 3.99. The molecule has 1 saturated carbocycles. The molecule has 0 atom stereocenters. The molecular formula is C23H25N5O2S. The molecule has 1 N–H and O–H groups in total. The van der Waals surface area contributed by atoms with Crippen molar-refractivity contribution in [2.24, 2.45) is 0 Å². The molecule has 4 rings (SSSR count). The summed E-state index contributed by atoms with van der Waals surface area (Å²) in [5.41, 5.74) is 2.42. The molecule has 160 valence electrons. The van der Waals surface area contributed by atoms with Crippen LogP contribution < -0.4 is 5.32 Å². The molecule has 1 fully saturated rings. The molecule has 0 saturated heterocycles. The lowest BCUT2D eigenvalue weighted by Gasteiger charge is -2.11. The van der Waals surface area contributed by atoms with Crippen LogP contribution in [0.1, 0.15) is 40.5 Å². The topological polar surface area (TPSA) is 80.1 Å². The monoisotopic (exact) mass is 435 g/mol. The Hall–Kier alpha value is -3.13. The average Bonchev–Trinajstić information content (AvgIpc) is 3.54. The van der Waals surface area contributed by atoms with Crippen LogP contribution >= 0.6 is 11.8 Å². The highest BCUT2D eigenvalue weighted by Crippen LogP contribution is 2.40. The minimum atomic E-state index is -0.126. The van der Waals surface area contributed by atoms with Crippen molar-refractivity contribution >= 4 is 29.3 Å². The number of thioether (sulfide) groups is 1. The summed E-state index contributed by atoms with van der Waals surface area (Å²) >= 11 is 1.39. The number of anilines is 1. The van der Waals surface area contributed by atoms with Crippen LogP contribution in [-0.4, -0.2) is 51.3 Å². The number of rotatable bonds is 8. The fraction of sp³-hybridized carbons (Fsp3) is 0.304. The smallest absolute Gasteiger partial charge is 0.253 e. The van der Waals surface area contributed by atoms with E-state index >= 15 is 0 Å². The molecule has 1 aromatic heterocycles. The van der Waals surface area contributed by atoms with E-state index in [2.05, 4.69) is 32.2 Å². The summed E-state index contributed by atoms with van der Waals surface area (Å²) in [7, 11) is 3.42. The molecule has 1 aliphatic rings. The van der Waals surface area contributed by atoms with Gasteiger partial charge in [-0.1, -0.05) is 42.1 Å². The maximum atomic E-state index is 12.5. The van der Waals surface area contributed by atoms with Gasteiger partial charge in [0.25, 0.3) is 5.91 Å². The van der Waals surface area contributed by atoms with Crippen LogP contribution in [0.15, 0.2) is 59.8 Å². The summed E-state index contributed by atoms with van der Waals surface area (Å²) in [6.07, 6.45) is 2.29. The second-order valence-corrected chi connectivity index (χ2v) is 8.74. The molecule has 8 heteroatoms. The molecule has 0 radical (unpaired) electrons. The van der Waals surface area contributed by atoms with Crippen molar-refractivity contribution in [2.45, 2.75) is 30.5 Å². The number of nitrogens with one attached hydrogen (secondary N) is 1. The zero-order valence-electron chi connectivity index (χ0n) is 17.6. The first-order valence-corrected chi connectivity index (χ1v) is 11.2. The van der Waals surface area contributed by atoms with Crippen molar-refractivity contribution in [1.82, 2.24) is 19.7 Å². The van der Waals surface area contributed by atoms with Gasteiger partial charge in [0.05, 0.1) is 12.3 Å². The average molecular weight is 436 g/mol. The third kappa shape index (κ3) is 5.32. The molecule has 1 heterocycles. The van der Waals surface area contributed by atoms with Crippen molar-refractivity contribution < 1.29 is 9.59 Å². The number of carbonyl (C=O) groups is 2. The minimum Gasteiger partial charge on any atom is -0.345 e. The van der Waals surface area contributed by atoms with Gasteiger partial charge >= 0.3 is 0 Å². The van der Waals surface area contributed by atoms with E-state index in [1.807, 2.05) is 18.2 Å². The van der Waals surface area contributed by atoms with Crippen LogP contribution in [0.4, 0.5) is 5.69 Å². The van der Waals surface area contributed by atoms with Crippen LogP contribution in [-0.2, 0) is 11.3 Å². The van der Waals surface area contributed by atoms with Gasteiger partial charge in [-0.2, -0.15) is 0 Å². The van der Waals surface area contributed by atoms with E-state index < -0.39 is 0 Å². The van der Waals surface area contributed by atoms with Gasteiger partial charge in [-0.25, -0.2) is 0 Å². The number of hydrogen-bond donors (Lipinski definition) is 1. The zero-order valence-corrected chi connectivity index (χ0v) is 18.4. The van der Waals surface area contributed by atoms with Crippen LogP contribution in [0.5, 0.6) is 0 Å². The van der Waals surface area contributed by atoms with E-state index in [1.165, 1.54) is 22.2 Å². The van der Waals surface area contributed by atoms with E-state index in [9.17, 15) is 9.59 Å². The van der Waals surface area contributed by atoms with Crippen LogP contribution in [0.2, 0.25) is 0 Å². The number of nitrogens with zero attached hydrogens (tertiary/aromatic N) is 4. The van der Waals surface area contributed by atoms with E-state index in [0.717, 1.165) is 23.8 Å². The third-order valence-electron chi connectivity index (χ3n) is 5.03. The maximum absolute atomic E-state index is 12.5. The minimum absolute atomic E-state index is 0.0716. The number of benzene rings is 2. The number of amides is 2. The Morgan fingerprint density at radius 2 is 1.77 bits per heavy atom. The van der Waals surface area contributed by atoms with Gasteiger partial charge in [0.2, 0.25) is 5.91 Å². The fourth-order valence-electron chi connectivity index (χ4n) is 3.25. The first-order chi connectivity index (χ1) is 15.0. The Kier molecular flexibility index (Phi) is 6.36. The Labute approximate surface area is 185 Å². The van der Waals surface area contributed by atoms with Crippen molar-refractivity contribution in [3.63, 3.8) is 0 Å². The lowest BCUT2D eigenvalue weighted by molar-refractivity contribution is -0.113. The first-order valence-electron chi connectivity index (χ1n) is 10.2. The molecule has 3 aromatic rings. The van der Waals surface area contributed by atoms with Gasteiger partial charge in [-0.3, -0.25) is 9.59 Å². The van der Waals surface area contributed by atoms with Crippen LogP contribution in [0, 0.1) is 0 Å². The highest BCUT2D eigenvalue weighted by molar-refractivity contribution is 7.99. The standard InChI is InChI=1S/C23H25N5O2S/c1-27(2)22(30)18-10-12-19(13-11-18)24-20(29)15-31-23-26-25-21(17-8-9-17)28(23)14-16-6-4-3-5-7-16/h3-7,10-13,17H,8-9,14-15H2,1-2H3,(H,24,29). The van der Waals surface area contributed by atoms with Gasteiger partial charge in [0.1, 0.15) is 5.82 Å². The molecule has 0 bridgehead atoms. The summed E-state index contributed by atoms with van der Waals surface area (Å²) in [6.45, 7) is 0.699. The van der Waals surface area contributed by atoms with Crippen molar-refractivity contribution in [3.05, 3.63) is 71.5 Å². The molecule has 2 amide bonds. The molecular weight excluding hydrogens is 410 g/mol. The summed E-state index contributed by atoms with van der Waals surface area (Å²) in [4.78, 5) is 26.0. The predicted molar refractivity (Wildman–Crippen MR) is 121 cm³/mol. The Morgan fingerprint density at radius 1 is 1.06 bits per heavy atom. The second kappa shape index (κ2) is 9.34. The normalized spacial score (nSPS) is 13.1. The maximum Gasteiger partial charge on any atom is 0.253 e. The summed E-state index contributed by atoms with van der Waals surface area (Å²) in [5.74, 6) is 1.52. The largest absolute Gasteiger partial charge is 0.345 e. The summed E-state index contributed by atoms with van der Waals surface area (Å²) in [6, 6.07) is 17.1. The van der Waals surface area contributed by atoms with Crippen molar-refractivity contribution in [2.75, 3.05) is 25.2 Å². The van der Waals surface area contributed by atoms with E-state index in [1.54, 1.807) is 38.4 Å². The quantitative estimate of drug-likeness (QED) is 0.547. The van der Waals surface area contributed by atoms with Gasteiger partial charge in [-0.05, 0) is 42.7 Å². The number of aromatic nitrogens is 3. The van der Waals surface area contributed by atoms with Gasteiger partial charge in [-0.15, -0.1) is 10.2 Å². The first kappa shape index (κ1) is 21.1. The Morgan fingerprint density at radius 3 is 2.42 bits per heavy atom. The number of hydrogen-bond acceptors (Lipinski definition) is 5. The van der Waals surface area contributed by atoms with Crippen molar-refractivity contribution in [1.29, 1.82) is 0 Å². The highest BCUT2D eigenvalue weighted by Gasteiger charge is 2.30. The number of carbonyl (C=O) groups excluding carboxylic acids is 2. The van der Waals surface area contributed by atoms with Crippen LogP contribution in [0.25, 0.3) is 0 Å². The predicted octanol–water partition coefficient (Wildman–Crippen LogP) is 3.64. The van der Waals surface area contributed by atoms with Gasteiger partial charge in [0, 0.05) is 31.3 Å². The molecule has 0 aliphatic heterocycles. The molecule has 7 nitrogen and oxygen atoms in total.